The highest BCUT2D eigenvalue weighted by Crippen LogP contribution is 2.18. The number of halogens is 1. The van der Waals surface area contributed by atoms with Gasteiger partial charge in [0, 0.05) is 23.4 Å². The van der Waals surface area contributed by atoms with Crippen molar-refractivity contribution in [3.8, 4) is 0 Å². The average molecular weight is 261 g/mol. The second-order valence-electron chi connectivity index (χ2n) is 4.75. The van der Waals surface area contributed by atoms with Crippen LogP contribution in [0.3, 0.4) is 0 Å². The Balaban J connectivity index is 2.37. The molecular formula is C15H20FN3. The van der Waals surface area contributed by atoms with E-state index < -0.39 is 0 Å². The molecule has 3 nitrogen and oxygen atoms in total. The fourth-order valence-electron chi connectivity index (χ4n) is 2.47. The minimum Gasteiger partial charge on any atom is -0.326 e. The maximum absolute atomic E-state index is 14.2. The zero-order valence-corrected chi connectivity index (χ0v) is 11.7. The van der Waals surface area contributed by atoms with Crippen molar-refractivity contribution in [2.24, 2.45) is 5.73 Å². The van der Waals surface area contributed by atoms with Crippen LogP contribution in [0, 0.1) is 19.7 Å². The van der Waals surface area contributed by atoms with Crippen LogP contribution in [0.25, 0.3) is 0 Å². The first-order valence-electron chi connectivity index (χ1n) is 6.57. The van der Waals surface area contributed by atoms with Crippen LogP contribution in [0.2, 0.25) is 0 Å². The first-order valence-corrected chi connectivity index (χ1v) is 6.57. The van der Waals surface area contributed by atoms with E-state index in [0.29, 0.717) is 17.7 Å². The summed E-state index contributed by atoms with van der Waals surface area (Å²) < 4.78 is 16.0. The molecule has 0 radical (unpaired) electrons. The summed E-state index contributed by atoms with van der Waals surface area (Å²) in [6, 6.07) is 5.35. The third kappa shape index (κ3) is 2.54. The molecule has 2 N–H and O–H groups in total. The van der Waals surface area contributed by atoms with Crippen molar-refractivity contribution in [2.45, 2.75) is 40.3 Å². The Labute approximate surface area is 113 Å². The van der Waals surface area contributed by atoms with E-state index in [4.69, 9.17) is 5.73 Å². The smallest absolute Gasteiger partial charge is 0.132 e. The summed E-state index contributed by atoms with van der Waals surface area (Å²) in [6.45, 7) is 6.80. The molecule has 0 aliphatic heterocycles. The van der Waals surface area contributed by atoms with Crippen LogP contribution in [0.15, 0.2) is 18.2 Å². The number of aryl methyl sites for hydroxylation is 1. The topological polar surface area (TPSA) is 43.8 Å². The largest absolute Gasteiger partial charge is 0.326 e. The molecule has 0 fully saturated rings. The Bertz CT molecular complexity index is 587. The Morgan fingerprint density at radius 2 is 1.95 bits per heavy atom. The molecule has 0 spiro atoms. The van der Waals surface area contributed by atoms with Gasteiger partial charge in [0.15, 0.2) is 0 Å². The SMILES string of the molecule is CCc1c(C)nn(Cc2cccc(CN)c2F)c1C. The van der Waals surface area contributed by atoms with Crippen LogP contribution in [-0.2, 0) is 19.5 Å². The maximum atomic E-state index is 14.2. The third-order valence-corrected chi connectivity index (χ3v) is 3.58. The number of aromatic nitrogens is 2. The Hall–Kier alpha value is -1.68. The highest BCUT2D eigenvalue weighted by Gasteiger charge is 2.12. The lowest BCUT2D eigenvalue weighted by Gasteiger charge is -2.09. The lowest BCUT2D eigenvalue weighted by Crippen LogP contribution is -2.09. The van der Waals surface area contributed by atoms with E-state index in [1.807, 2.05) is 24.6 Å². The van der Waals surface area contributed by atoms with Crippen molar-refractivity contribution in [3.63, 3.8) is 0 Å². The van der Waals surface area contributed by atoms with Gasteiger partial charge in [0.25, 0.3) is 0 Å². The molecule has 4 heteroatoms. The number of benzene rings is 1. The van der Waals surface area contributed by atoms with Gasteiger partial charge in [0.05, 0.1) is 12.2 Å². The van der Waals surface area contributed by atoms with Crippen LogP contribution in [0.5, 0.6) is 0 Å². The summed E-state index contributed by atoms with van der Waals surface area (Å²) in [5.74, 6) is -0.212. The minimum atomic E-state index is -0.212. The maximum Gasteiger partial charge on any atom is 0.132 e. The van der Waals surface area contributed by atoms with Gasteiger partial charge in [-0.15, -0.1) is 0 Å². The van der Waals surface area contributed by atoms with Gasteiger partial charge in [-0.1, -0.05) is 25.1 Å². The van der Waals surface area contributed by atoms with Gasteiger partial charge in [-0.05, 0) is 25.8 Å². The minimum absolute atomic E-state index is 0.212. The summed E-state index contributed by atoms with van der Waals surface area (Å²) >= 11 is 0. The molecule has 1 heterocycles. The number of rotatable bonds is 4. The molecule has 2 rings (SSSR count). The molecule has 0 saturated heterocycles. The highest BCUT2D eigenvalue weighted by atomic mass is 19.1. The molecule has 0 unspecified atom stereocenters. The van der Waals surface area contributed by atoms with E-state index in [0.717, 1.165) is 17.8 Å². The number of hydrogen-bond acceptors (Lipinski definition) is 2. The fourth-order valence-corrected chi connectivity index (χ4v) is 2.47. The molecular weight excluding hydrogens is 241 g/mol. The third-order valence-electron chi connectivity index (χ3n) is 3.58. The van der Waals surface area contributed by atoms with Crippen molar-refractivity contribution in [2.75, 3.05) is 0 Å². The van der Waals surface area contributed by atoms with Gasteiger partial charge in [-0.3, -0.25) is 4.68 Å². The second-order valence-corrected chi connectivity index (χ2v) is 4.75. The van der Waals surface area contributed by atoms with Crippen molar-refractivity contribution >= 4 is 0 Å². The Morgan fingerprint density at radius 3 is 2.53 bits per heavy atom. The predicted octanol–water partition coefficient (Wildman–Crippen LogP) is 2.71. The van der Waals surface area contributed by atoms with Crippen LogP contribution in [0.4, 0.5) is 4.39 Å². The average Bonchev–Trinajstić information content (AvgIpc) is 2.66. The molecule has 0 aliphatic carbocycles. The second kappa shape index (κ2) is 5.53. The zero-order chi connectivity index (χ0) is 14.0. The van der Waals surface area contributed by atoms with Gasteiger partial charge < -0.3 is 5.73 Å². The highest BCUT2D eigenvalue weighted by molar-refractivity contribution is 5.28. The number of nitrogens with two attached hydrogens (primary N) is 1. The fraction of sp³-hybridized carbons (Fsp3) is 0.400. The van der Waals surface area contributed by atoms with Gasteiger partial charge in [-0.25, -0.2) is 4.39 Å². The Morgan fingerprint density at radius 1 is 1.26 bits per heavy atom. The molecule has 102 valence electrons. The number of nitrogens with zero attached hydrogens (tertiary/aromatic N) is 2. The van der Waals surface area contributed by atoms with E-state index in [2.05, 4.69) is 12.0 Å². The van der Waals surface area contributed by atoms with E-state index in [1.165, 1.54) is 5.56 Å². The lowest BCUT2D eigenvalue weighted by molar-refractivity contribution is 0.567. The normalized spacial score (nSPS) is 11.0. The monoisotopic (exact) mass is 261 g/mol. The van der Waals surface area contributed by atoms with E-state index in [-0.39, 0.29) is 12.4 Å². The van der Waals surface area contributed by atoms with E-state index in [9.17, 15) is 4.39 Å². The Kier molecular flexibility index (Phi) is 4.00. The first kappa shape index (κ1) is 13.7. The summed E-state index contributed by atoms with van der Waals surface area (Å²) in [5.41, 5.74) is 10.1. The molecule has 0 bridgehead atoms. The predicted molar refractivity (Wildman–Crippen MR) is 74.5 cm³/mol. The quantitative estimate of drug-likeness (QED) is 0.919. The van der Waals surface area contributed by atoms with Gasteiger partial charge >= 0.3 is 0 Å². The summed E-state index contributed by atoms with van der Waals surface area (Å²) in [6.07, 6.45) is 0.947. The molecule has 0 aliphatic rings. The molecule has 1 aromatic heterocycles. The molecule has 2 aromatic rings. The summed E-state index contributed by atoms with van der Waals surface area (Å²) in [4.78, 5) is 0. The first-order chi connectivity index (χ1) is 9.08. The molecule has 19 heavy (non-hydrogen) atoms. The zero-order valence-electron chi connectivity index (χ0n) is 11.7. The van der Waals surface area contributed by atoms with Crippen LogP contribution < -0.4 is 5.73 Å². The van der Waals surface area contributed by atoms with Crippen molar-refractivity contribution < 1.29 is 4.39 Å². The molecule has 1 aromatic carbocycles. The van der Waals surface area contributed by atoms with E-state index >= 15 is 0 Å². The van der Waals surface area contributed by atoms with Crippen molar-refractivity contribution in [1.29, 1.82) is 0 Å². The molecule has 0 saturated carbocycles. The van der Waals surface area contributed by atoms with Crippen molar-refractivity contribution in [1.82, 2.24) is 9.78 Å². The lowest BCUT2D eigenvalue weighted by atomic mass is 10.1. The van der Waals surface area contributed by atoms with E-state index in [1.54, 1.807) is 12.1 Å². The molecule has 0 atom stereocenters. The summed E-state index contributed by atoms with van der Waals surface area (Å²) in [5, 5.41) is 4.49. The van der Waals surface area contributed by atoms with Gasteiger partial charge in [0.1, 0.15) is 5.82 Å². The van der Waals surface area contributed by atoms with Crippen LogP contribution in [-0.4, -0.2) is 9.78 Å². The number of hydrogen-bond donors (Lipinski definition) is 1. The summed E-state index contributed by atoms with van der Waals surface area (Å²) in [7, 11) is 0. The van der Waals surface area contributed by atoms with Crippen LogP contribution >= 0.6 is 0 Å². The van der Waals surface area contributed by atoms with Crippen molar-refractivity contribution in [3.05, 3.63) is 52.1 Å². The van der Waals surface area contributed by atoms with Crippen LogP contribution in [0.1, 0.15) is 35.0 Å². The standard InChI is InChI=1S/C15H20FN3/c1-4-14-10(2)18-19(11(14)3)9-13-7-5-6-12(8-17)15(13)16/h5-7H,4,8-9,17H2,1-3H3. The van der Waals surface area contributed by atoms with Gasteiger partial charge in [0.2, 0.25) is 0 Å². The molecule has 0 amide bonds. The van der Waals surface area contributed by atoms with Gasteiger partial charge in [-0.2, -0.15) is 5.10 Å².